The van der Waals surface area contributed by atoms with Crippen LogP contribution in [0.15, 0.2) is 0 Å². The average Bonchev–Trinajstić information content (AvgIpc) is 2.19. The molecule has 0 saturated carbocycles. The van der Waals surface area contributed by atoms with Gasteiger partial charge >= 0.3 is 7.12 Å². The first-order chi connectivity index (χ1) is 6.60. The van der Waals surface area contributed by atoms with Crippen molar-refractivity contribution in [1.82, 2.24) is 0 Å². The van der Waals surface area contributed by atoms with Gasteiger partial charge in [-0.15, -0.1) is 0 Å². The first-order valence-electron chi connectivity index (χ1n) is 5.64. The molecule has 0 bridgehead atoms. The van der Waals surface area contributed by atoms with Crippen LogP contribution in [-0.4, -0.2) is 25.7 Å². The van der Waals surface area contributed by atoms with E-state index < -0.39 is 7.38 Å². The predicted molar refractivity (Wildman–Crippen MR) is 68.8 cm³/mol. The highest BCUT2D eigenvalue weighted by Crippen LogP contribution is 2.39. The Morgan fingerprint density at radius 3 is 1.87 bits per heavy atom. The zero-order chi connectivity index (χ0) is 11.9. The molecule has 0 spiro atoms. The van der Waals surface area contributed by atoms with Gasteiger partial charge in [0.15, 0.2) is 7.38 Å². The molecule has 1 unspecified atom stereocenters. The van der Waals surface area contributed by atoms with Crippen LogP contribution in [-0.2, 0) is 9.31 Å². The van der Waals surface area contributed by atoms with E-state index in [9.17, 15) is 0 Å². The molecule has 1 heterocycles. The highest BCUT2D eigenvalue weighted by molar-refractivity contribution is 7.22. The van der Waals surface area contributed by atoms with Crippen LogP contribution in [0.4, 0.5) is 0 Å². The summed E-state index contributed by atoms with van der Waals surface area (Å²) in [5.74, 6) is 0.873. The Bertz CT molecular complexity index is 228. The quantitative estimate of drug-likeness (QED) is 0.563. The zero-order valence-electron chi connectivity index (χ0n) is 10.7. The molecule has 1 aliphatic rings. The molecule has 5 heteroatoms. The maximum Gasteiger partial charge on any atom is 0.456 e. The molecule has 0 aromatic rings. The number of halogens is 1. The molecule has 1 aliphatic heterocycles. The lowest BCUT2D eigenvalue weighted by molar-refractivity contribution is 0.00578. The number of hydrogen-bond acceptors (Lipinski definition) is 2. The van der Waals surface area contributed by atoms with Gasteiger partial charge in [0, 0.05) is 0 Å². The summed E-state index contributed by atoms with van der Waals surface area (Å²) in [7, 11) is -1.77. The Morgan fingerprint density at radius 1 is 1.13 bits per heavy atom. The highest BCUT2D eigenvalue weighted by atomic mass is 35.6. The van der Waals surface area contributed by atoms with Crippen LogP contribution >= 0.6 is 11.1 Å². The van der Waals surface area contributed by atoms with Crippen LogP contribution in [0.1, 0.15) is 34.6 Å². The van der Waals surface area contributed by atoms with Gasteiger partial charge in [-0.25, -0.2) is 0 Å². The van der Waals surface area contributed by atoms with E-state index in [1.807, 2.05) is 0 Å². The van der Waals surface area contributed by atoms with Gasteiger partial charge in [0.05, 0.1) is 11.2 Å². The summed E-state index contributed by atoms with van der Waals surface area (Å²) in [6, 6.07) is 1.05. The molecule has 1 rings (SSSR count). The number of rotatable bonds is 3. The molecule has 0 radical (unpaired) electrons. The molecule has 0 aromatic carbocycles. The lowest BCUT2D eigenvalue weighted by Gasteiger charge is -2.32. The topological polar surface area (TPSA) is 18.5 Å². The fourth-order valence-corrected chi connectivity index (χ4v) is 3.07. The van der Waals surface area contributed by atoms with Crippen LogP contribution in [0.25, 0.3) is 0 Å². The average molecular weight is 249 g/mol. The van der Waals surface area contributed by atoms with Crippen LogP contribution < -0.4 is 0 Å². The first kappa shape index (κ1) is 13.6. The van der Waals surface area contributed by atoms with Gasteiger partial charge in [-0.3, -0.25) is 0 Å². The third-order valence-corrected chi connectivity index (χ3v) is 7.56. The summed E-state index contributed by atoms with van der Waals surface area (Å²) in [5.41, 5.74) is -0.459. The molecule has 0 aromatic heterocycles. The molecule has 0 aliphatic carbocycles. The van der Waals surface area contributed by atoms with Gasteiger partial charge in [-0.05, 0) is 39.7 Å². The second-order valence-corrected chi connectivity index (χ2v) is 12.3. The van der Waals surface area contributed by atoms with Crippen molar-refractivity contribution < 1.29 is 9.31 Å². The van der Waals surface area contributed by atoms with Crippen LogP contribution in [0.5, 0.6) is 0 Å². The lowest BCUT2D eigenvalue weighted by atomic mass is 9.90. The van der Waals surface area contributed by atoms with Crippen molar-refractivity contribution in [3.63, 3.8) is 0 Å². The third kappa shape index (κ3) is 2.99. The molecule has 2 nitrogen and oxygen atoms in total. The maximum absolute atomic E-state index is 6.47. The van der Waals surface area contributed by atoms with Gasteiger partial charge in [0.2, 0.25) is 0 Å². The minimum absolute atomic E-state index is 0.121. The van der Waals surface area contributed by atoms with Gasteiger partial charge in [0.1, 0.15) is 0 Å². The van der Waals surface area contributed by atoms with Crippen molar-refractivity contribution in [2.45, 2.75) is 64.4 Å². The van der Waals surface area contributed by atoms with E-state index in [1.54, 1.807) is 0 Å². The van der Waals surface area contributed by atoms with Crippen molar-refractivity contribution in [3.8, 4) is 0 Å². The second-order valence-electron chi connectivity index (χ2n) is 5.66. The Morgan fingerprint density at radius 2 is 1.53 bits per heavy atom. The normalized spacial score (nSPS) is 27.8. The summed E-state index contributed by atoms with van der Waals surface area (Å²) in [6.45, 7) is 12.6. The summed E-state index contributed by atoms with van der Waals surface area (Å²) in [6.07, 6.45) is 0. The molecule has 0 amide bonds. The van der Waals surface area contributed by atoms with E-state index in [1.165, 1.54) is 0 Å². The van der Waals surface area contributed by atoms with Gasteiger partial charge in [-0.2, -0.15) is 11.1 Å². The molecule has 1 fully saturated rings. The van der Waals surface area contributed by atoms with E-state index >= 15 is 0 Å². The van der Waals surface area contributed by atoms with E-state index in [-0.39, 0.29) is 18.3 Å². The lowest BCUT2D eigenvalue weighted by Crippen LogP contribution is -2.41. The van der Waals surface area contributed by atoms with E-state index in [2.05, 4.69) is 41.2 Å². The van der Waals surface area contributed by atoms with Crippen molar-refractivity contribution in [3.05, 3.63) is 0 Å². The first-order valence-corrected chi connectivity index (χ1v) is 9.57. The van der Waals surface area contributed by atoms with Crippen molar-refractivity contribution in [1.29, 1.82) is 0 Å². The third-order valence-electron chi connectivity index (χ3n) is 3.63. The molecule has 1 saturated heterocycles. The van der Waals surface area contributed by atoms with Gasteiger partial charge in [0.25, 0.3) is 0 Å². The van der Waals surface area contributed by atoms with Crippen LogP contribution in [0.3, 0.4) is 0 Å². The molecule has 15 heavy (non-hydrogen) atoms. The Balaban J connectivity index is 2.64. The van der Waals surface area contributed by atoms with Crippen LogP contribution in [0, 0.1) is 0 Å². The Labute approximate surface area is 99.5 Å². The van der Waals surface area contributed by atoms with Gasteiger partial charge < -0.3 is 9.31 Å². The van der Waals surface area contributed by atoms with Crippen molar-refractivity contribution in [2.75, 3.05) is 0 Å². The van der Waals surface area contributed by atoms with Crippen molar-refractivity contribution in [2.24, 2.45) is 0 Å². The van der Waals surface area contributed by atoms with E-state index in [0.29, 0.717) is 0 Å². The summed E-state index contributed by atoms with van der Waals surface area (Å²) in [4.78, 5) is 0. The zero-order valence-corrected chi connectivity index (χ0v) is 12.4. The van der Waals surface area contributed by atoms with Crippen LogP contribution in [0.2, 0.25) is 18.5 Å². The molecule has 0 N–H and O–H groups in total. The Kier molecular flexibility index (Phi) is 3.67. The second kappa shape index (κ2) is 4.06. The predicted octanol–water partition coefficient (Wildman–Crippen LogP) is 3.45. The summed E-state index contributed by atoms with van der Waals surface area (Å²) >= 11 is 6.47. The summed E-state index contributed by atoms with van der Waals surface area (Å²) in [5, 5.41) is 0. The largest absolute Gasteiger partial charge is 0.456 e. The monoisotopic (exact) mass is 248 g/mol. The highest BCUT2D eigenvalue weighted by Gasteiger charge is 2.52. The fourth-order valence-electron chi connectivity index (χ4n) is 1.54. The SMILES string of the molecule is CC[Si](C)(Cl)CB1OC(C)(C)C(C)(C)O1. The van der Waals surface area contributed by atoms with Gasteiger partial charge in [-0.1, -0.05) is 13.5 Å². The number of hydrogen-bond donors (Lipinski definition) is 0. The molecule has 88 valence electrons. The summed E-state index contributed by atoms with van der Waals surface area (Å²) < 4.78 is 11.9. The van der Waals surface area contributed by atoms with E-state index in [4.69, 9.17) is 20.4 Å². The van der Waals surface area contributed by atoms with Crippen molar-refractivity contribution >= 4 is 25.6 Å². The standard InChI is InChI=1S/C10H22BClO2Si/c1-7-15(6,12)8-11-13-9(2,3)10(4,5)14-11/h7-8H2,1-6H3. The minimum Gasteiger partial charge on any atom is -0.403 e. The fraction of sp³-hybridized carbons (Fsp3) is 1.00. The molecule has 1 atom stereocenters. The molecular weight excluding hydrogens is 226 g/mol. The minimum atomic E-state index is -1.65. The Hall–Kier alpha value is 0.492. The molecular formula is C10H22BClO2Si. The van der Waals surface area contributed by atoms with E-state index in [0.717, 1.165) is 12.0 Å². The smallest absolute Gasteiger partial charge is 0.403 e. The maximum atomic E-state index is 6.47.